The van der Waals surface area contributed by atoms with Crippen molar-refractivity contribution in [2.45, 2.75) is 37.5 Å². The fraction of sp³-hybridized carbons (Fsp3) is 0.500. The molecule has 2 saturated heterocycles. The van der Waals surface area contributed by atoms with E-state index in [0.29, 0.717) is 38.4 Å². The molecule has 2 aromatic rings. The Kier molecular flexibility index (Phi) is 6.53. The summed E-state index contributed by atoms with van der Waals surface area (Å²) in [6.07, 6.45) is 4.27. The third kappa shape index (κ3) is 4.66. The fourth-order valence-corrected chi connectivity index (χ4v) is 5.91. The molecule has 7 heteroatoms. The van der Waals surface area contributed by atoms with Gasteiger partial charge >= 0.3 is 0 Å². The van der Waals surface area contributed by atoms with Crippen molar-refractivity contribution < 1.29 is 23.5 Å². The first kappa shape index (κ1) is 23.8. The maximum absolute atomic E-state index is 14.0. The molecule has 2 aliphatic heterocycles. The van der Waals surface area contributed by atoms with E-state index in [0.717, 1.165) is 32.1 Å². The third-order valence-corrected chi connectivity index (χ3v) is 8.39. The molecule has 1 atom stereocenters. The Morgan fingerprint density at radius 1 is 1.09 bits per heavy atom. The number of halogens is 1. The molecule has 1 saturated carbocycles. The van der Waals surface area contributed by atoms with Crippen molar-refractivity contribution in [2.24, 2.45) is 11.3 Å². The molecule has 2 amide bonds. The third-order valence-electron chi connectivity index (χ3n) is 8.39. The summed E-state index contributed by atoms with van der Waals surface area (Å²) in [4.78, 5) is 27.8. The van der Waals surface area contributed by atoms with Gasteiger partial charge in [0, 0.05) is 49.7 Å². The van der Waals surface area contributed by atoms with Gasteiger partial charge in [0.2, 0.25) is 5.91 Å². The fourth-order valence-electron chi connectivity index (χ4n) is 5.91. The number of carbonyl (C=O) groups is 2. The van der Waals surface area contributed by atoms with E-state index in [4.69, 9.17) is 9.47 Å². The van der Waals surface area contributed by atoms with Crippen molar-refractivity contribution in [3.05, 3.63) is 65.5 Å². The smallest absolute Gasteiger partial charge is 0.253 e. The Labute approximate surface area is 205 Å². The van der Waals surface area contributed by atoms with Gasteiger partial charge in [-0.15, -0.1) is 0 Å². The monoisotopic (exact) mass is 480 g/mol. The van der Waals surface area contributed by atoms with Gasteiger partial charge in [0.05, 0.1) is 7.11 Å². The maximum atomic E-state index is 14.0. The molecule has 1 N–H and O–H groups in total. The van der Waals surface area contributed by atoms with Crippen LogP contribution in [-0.4, -0.2) is 56.7 Å². The second-order valence-corrected chi connectivity index (χ2v) is 10.2. The minimum absolute atomic E-state index is 0.00541. The average molecular weight is 481 g/mol. The second kappa shape index (κ2) is 9.61. The molecule has 1 spiro atoms. The van der Waals surface area contributed by atoms with E-state index in [1.54, 1.807) is 11.0 Å². The molecule has 2 heterocycles. The number of likely N-dealkylation sites (tertiary alicyclic amines) is 1. The first-order valence-electron chi connectivity index (χ1n) is 12.5. The summed E-state index contributed by atoms with van der Waals surface area (Å²) in [5, 5.41) is 3.27. The quantitative estimate of drug-likeness (QED) is 0.680. The van der Waals surface area contributed by atoms with Crippen LogP contribution >= 0.6 is 0 Å². The van der Waals surface area contributed by atoms with Crippen LogP contribution in [0.15, 0.2) is 48.5 Å². The lowest BCUT2D eigenvalue weighted by atomic mass is 9.74. The number of ether oxygens (including phenoxy) is 2. The minimum atomic E-state index is -0.538. The highest BCUT2D eigenvalue weighted by Gasteiger charge is 2.58. The molecule has 186 valence electrons. The van der Waals surface area contributed by atoms with Crippen molar-refractivity contribution in [3.8, 4) is 5.75 Å². The summed E-state index contributed by atoms with van der Waals surface area (Å²) in [6.45, 7) is 3.21. The molecule has 0 aromatic heterocycles. The van der Waals surface area contributed by atoms with Gasteiger partial charge < -0.3 is 19.7 Å². The highest BCUT2D eigenvalue weighted by atomic mass is 19.1. The molecule has 1 aliphatic carbocycles. The molecular formula is C28H33FN2O4. The highest BCUT2D eigenvalue weighted by Crippen LogP contribution is 2.59. The number of hydrogen-bond donors (Lipinski definition) is 1. The summed E-state index contributed by atoms with van der Waals surface area (Å²) in [5.41, 5.74) is 1.49. The van der Waals surface area contributed by atoms with E-state index in [1.165, 1.54) is 24.8 Å². The van der Waals surface area contributed by atoms with Gasteiger partial charge in [0.15, 0.2) is 11.6 Å². The molecule has 5 rings (SSSR count). The predicted molar refractivity (Wildman–Crippen MR) is 130 cm³/mol. The Morgan fingerprint density at radius 3 is 2.46 bits per heavy atom. The molecule has 0 unspecified atom stereocenters. The van der Waals surface area contributed by atoms with Crippen molar-refractivity contribution >= 4 is 11.8 Å². The molecule has 0 bridgehead atoms. The van der Waals surface area contributed by atoms with E-state index in [9.17, 15) is 14.0 Å². The lowest BCUT2D eigenvalue weighted by molar-refractivity contribution is -0.123. The number of amides is 2. The van der Waals surface area contributed by atoms with Gasteiger partial charge in [-0.25, -0.2) is 4.39 Å². The lowest BCUT2D eigenvalue weighted by Gasteiger charge is -2.38. The SMILES string of the molecule is COc1ccc(C(=O)N2CCC3(CC2)C[C@H]3C(=O)NCC2(c3ccccc3)CCOCC2)cc1F. The molecule has 6 nitrogen and oxygen atoms in total. The molecule has 0 radical (unpaired) electrons. The van der Waals surface area contributed by atoms with E-state index in [1.807, 2.05) is 6.07 Å². The number of benzene rings is 2. The molecule has 3 fully saturated rings. The number of hydrogen-bond acceptors (Lipinski definition) is 4. The van der Waals surface area contributed by atoms with Crippen molar-refractivity contribution in [1.82, 2.24) is 10.2 Å². The Bertz CT molecular complexity index is 1080. The zero-order chi connectivity index (χ0) is 24.5. The molecule has 3 aliphatic rings. The summed E-state index contributed by atoms with van der Waals surface area (Å²) >= 11 is 0. The van der Waals surface area contributed by atoms with Crippen LogP contribution in [0, 0.1) is 17.2 Å². The number of rotatable bonds is 6. The van der Waals surface area contributed by atoms with Gasteiger partial charge in [-0.3, -0.25) is 9.59 Å². The summed E-state index contributed by atoms with van der Waals surface area (Å²) < 4.78 is 24.6. The van der Waals surface area contributed by atoms with Crippen LogP contribution in [-0.2, 0) is 14.9 Å². The van der Waals surface area contributed by atoms with Crippen LogP contribution < -0.4 is 10.1 Å². The average Bonchev–Trinajstić information content (AvgIpc) is 3.61. The Morgan fingerprint density at radius 2 is 1.80 bits per heavy atom. The standard InChI is InChI=1S/C28H33FN2O4/c1-34-24-8-7-20(17-23(24)29)26(33)31-13-9-27(10-14-31)18-22(27)25(32)30-19-28(11-15-35-16-12-28)21-5-3-2-4-6-21/h2-8,17,22H,9-16,18-19H2,1H3,(H,30,32)/t22-/m0/s1. The van der Waals surface area contributed by atoms with Gasteiger partial charge in [0.25, 0.3) is 5.91 Å². The zero-order valence-electron chi connectivity index (χ0n) is 20.2. The minimum Gasteiger partial charge on any atom is -0.494 e. The zero-order valence-corrected chi connectivity index (χ0v) is 20.2. The van der Waals surface area contributed by atoms with Gasteiger partial charge in [0.1, 0.15) is 0 Å². The van der Waals surface area contributed by atoms with Crippen molar-refractivity contribution in [1.29, 1.82) is 0 Å². The Hall–Kier alpha value is -2.93. The van der Waals surface area contributed by atoms with Crippen LogP contribution in [0.25, 0.3) is 0 Å². The summed E-state index contributed by atoms with van der Waals surface area (Å²) in [6, 6.07) is 14.7. The predicted octanol–water partition coefficient (Wildman–Crippen LogP) is 3.94. The number of piperidine rings is 1. The number of nitrogens with one attached hydrogen (secondary N) is 1. The number of nitrogens with zero attached hydrogens (tertiary/aromatic N) is 1. The molecule has 35 heavy (non-hydrogen) atoms. The molecular weight excluding hydrogens is 447 g/mol. The van der Waals surface area contributed by atoms with Crippen LogP contribution in [0.2, 0.25) is 0 Å². The van der Waals surface area contributed by atoms with Crippen molar-refractivity contribution in [3.63, 3.8) is 0 Å². The van der Waals surface area contributed by atoms with Crippen LogP contribution in [0.4, 0.5) is 4.39 Å². The first-order chi connectivity index (χ1) is 17.0. The highest BCUT2D eigenvalue weighted by molar-refractivity contribution is 5.94. The second-order valence-electron chi connectivity index (χ2n) is 10.2. The normalized spacial score (nSPS) is 22.5. The number of carbonyl (C=O) groups excluding carboxylic acids is 2. The van der Waals surface area contributed by atoms with E-state index in [2.05, 4.69) is 29.6 Å². The van der Waals surface area contributed by atoms with Gasteiger partial charge in [-0.2, -0.15) is 0 Å². The van der Waals surface area contributed by atoms with E-state index < -0.39 is 5.82 Å². The van der Waals surface area contributed by atoms with Gasteiger partial charge in [-0.05, 0) is 61.3 Å². The van der Waals surface area contributed by atoms with Crippen LogP contribution in [0.5, 0.6) is 5.75 Å². The first-order valence-corrected chi connectivity index (χ1v) is 12.5. The van der Waals surface area contributed by atoms with E-state index in [-0.39, 0.29) is 34.3 Å². The topological polar surface area (TPSA) is 67.9 Å². The Balaban J connectivity index is 1.16. The summed E-state index contributed by atoms with van der Waals surface area (Å²) in [5.74, 6) is -0.452. The maximum Gasteiger partial charge on any atom is 0.253 e. The van der Waals surface area contributed by atoms with Crippen LogP contribution in [0.1, 0.15) is 48.0 Å². The summed E-state index contributed by atoms with van der Waals surface area (Å²) in [7, 11) is 1.40. The van der Waals surface area contributed by atoms with E-state index >= 15 is 0 Å². The largest absolute Gasteiger partial charge is 0.494 e. The number of methoxy groups -OCH3 is 1. The van der Waals surface area contributed by atoms with Gasteiger partial charge in [-0.1, -0.05) is 30.3 Å². The van der Waals surface area contributed by atoms with Crippen LogP contribution in [0.3, 0.4) is 0 Å². The van der Waals surface area contributed by atoms with Crippen molar-refractivity contribution in [2.75, 3.05) is 40.0 Å². The lowest BCUT2D eigenvalue weighted by Crippen LogP contribution is -2.46. The molecule has 2 aromatic carbocycles.